The molecule has 0 aliphatic rings. The minimum atomic E-state index is -0.412. The number of aryl methyl sites for hydroxylation is 2. The summed E-state index contributed by atoms with van der Waals surface area (Å²) in [5.41, 5.74) is 2.20. The van der Waals surface area contributed by atoms with Gasteiger partial charge < -0.3 is 9.30 Å². The summed E-state index contributed by atoms with van der Waals surface area (Å²) in [4.78, 5) is 29.1. The highest BCUT2D eigenvalue weighted by Gasteiger charge is 2.20. The van der Waals surface area contributed by atoms with Gasteiger partial charge in [-0.1, -0.05) is 11.3 Å². The molecule has 1 N–H and O–H groups in total. The molecule has 0 aliphatic heterocycles. The van der Waals surface area contributed by atoms with Gasteiger partial charge in [0.1, 0.15) is 10.6 Å². The van der Waals surface area contributed by atoms with Crippen LogP contribution in [0.25, 0.3) is 10.2 Å². The van der Waals surface area contributed by atoms with Crippen molar-refractivity contribution < 1.29 is 14.3 Å². The second-order valence-corrected chi connectivity index (χ2v) is 7.00. The van der Waals surface area contributed by atoms with Crippen LogP contribution in [0.5, 0.6) is 0 Å². The molecule has 0 saturated heterocycles. The molecule has 0 bridgehead atoms. The lowest BCUT2D eigenvalue weighted by Gasteiger charge is -2.06. The number of esters is 1. The summed E-state index contributed by atoms with van der Waals surface area (Å²) in [6.45, 7) is 6.48. The first-order chi connectivity index (χ1) is 11.5. The Bertz CT molecular complexity index is 907. The molecule has 3 heterocycles. The lowest BCUT2D eigenvalue weighted by Crippen LogP contribution is -2.16. The first-order valence-corrected chi connectivity index (χ1v) is 9.27. The third kappa shape index (κ3) is 2.94. The zero-order valence-corrected chi connectivity index (χ0v) is 15.2. The van der Waals surface area contributed by atoms with E-state index in [2.05, 4.69) is 10.3 Å². The van der Waals surface area contributed by atoms with E-state index in [4.69, 9.17) is 4.74 Å². The maximum absolute atomic E-state index is 12.6. The Morgan fingerprint density at radius 1 is 1.38 bits per heavy atom. The van der Waals surface area contributed by atoms with Crippen molar-refractivity contribution in [2.24, 2.45) is 0 Å². The third-order valence-electron chi connectivity index (χ3n) is 3.55. The minimum absolute atomic E-state index is 0.232. The average molecular weight is 363 g/mol. The molecule has 126 valence electrons. The topological polar surface area (TPSA) is 73.2 Å². The van der Waals surface area contributed by atoms with E-state index >= 15 is 0 Å². The van der Waals surface area contributed by atoms with Crippen molar-refractivity contribution in [2.45, 2.75) is 27.3 Å². The quantitative estimate of drug-likeness (QED) is 0.697. The van der Waals surface area contributed by atoms with E-state index in [0.717, 1.165) is 21.6 Å². The molecular formula is C16H17N3O3S2. The molecule has 6 nitrogen and oxygen atoms in total. The van der Waals surface area contributed by atoms with Crippen molar-refractivity contribution in [3.8, 4) is 0 Å². The number of carbonyl (C=O) groups is 2. The molecule has 3 aromatic heterocycles. The molecule has 0 atom stereocenters. The Morgan fingerprint density at radius 3 is 2.88 bits per heavy atom. The molecule has 1 amide bonds. The highest BCUT2D eigenvalue weighted by Crippen LogP contribution is 2.27. The van der Waals surface area contributed by atoms with Crippen LogP contribution in [0, 0.1) is 6.92 Å². The van der Waals surface area contributed by atoms with Crippen LogP contribution in [0.2, 0.25) is 0 Å². The van der Waals surface area contributed by atoms with Crippen molar-refractivity contribution in [1.29, 1.82) is 0 Å². The van der Waals surface area contributed by atoms with Crippen molar-refractivity contribution >= 4 is 49.9 Å². The zero-order chi connectivity index (χ0) is 17.3. The number of anilines is 1. The lowest BCUT2D eigenvalue weighted by atomic mass is 10.4. The Balaban J connectivity index is 1.85. The number of nitrogens with zero attached hydrogens (tertiary/aromatic N) is 2. The highest BCUT2D eigenvalue weighted by atomic mass is 32.1. The van der Waals surface area contributed by atoms with Gasteiger partial charge in [0.25, 0.3) is 5.91 Å². The van der Waals surface area contributed by atoms with E-state index in [-0.39, 0.29) is 5.91 Å². The van der Waals surface area contributed by atoms with Gasteiger partial charge in [-0.3, -0.25) is 10.1 Å². The number of amides is 1. The van der Waals surface area contributed by atoms with Crippen LogP contribution in [-0.4, -0.2) is 28.0 Å². The summed E-state index contributed by atoms with van der Waals surface area (Å²) in [5.74, 6) is -0.644. The first-order valence-electron chi connectivity index (χ1n) is 7.57. The normalized spacial score (nSPS) is 11.0. The standard InChI is InChI=1S/C16H17N3O3S2/c1-4-19-10-6-7-23-12(10)8-11(19)14(20)18-16-17-9(3)13(24-16)15(21)22-5-2/h6-8H,4-5H2,1-3H3,(H,17,18,20). The Kier molecular flexibility index (Phi) is 4.68. The van der Waals surface area contributed by atoms with Crippen LogP contribution in [0.15, 0.2) is 17.5 Å². The fourth-order valence-corrected chi connectivity index (χ4v) is 4.18. The number of ether oxygens (including phenoxy) is 1. The van der Waals surface area contributed by atoms with E-state index in [0.29, 0.717) is 34.5 Å². The van der Waals surface area contributed by atoms with Gasteiger partial charge in [0.2, 0.25) is 0 Å². The van der Waals surface area contributed by atoms with E-state index in [1.807, 2.05) is 29.0 Å². The molecule has 0 aliphatic carbocycles. The number of thiazole rings is 1. The van der Waals surface area contributed by atoms with Crippen LogP contribution in [-0.2, 0) is 11.3 Å². The molecule has 0 aromatic carbocycles. The predicted octanol–water partition coefficient (Wildman–Crippen LogP) is 3.92. The van der Waals surface area contributed by atoms with Crippen molar-refractivity contribution in [2.75, 3.05) is 11.9 Å². The maximum atomic E-state index is 12.6. The highest BCUT2D eigenvalue weighted by molar-refractivity contribution is 7.18. The Morgan fingerprint density at radius 2 is 2.17 bits per heavy atom. The van der Waals surface area contributed by atoms with Crippen LogP contribution in [0.1, 0.15) is 39.7 Å². The van der Waals surface area contributed by atoms with Gasteiger partial charge >= 0.3 is 5.97 Å². The summed E-state index contributed by atoms with van der Waals surface area (Å²) in [6, 6.07) is 3.89. The van der Waals surface area contributed by atoms with Gasteiger partial charge in [0.05, 0.1) is 22.5 Å². The Hall–Kier alpha value is -2.19. The molecule has 8 heteroatoms. The summed E-state index contributed by atoms with van der Waals surface area (Å²) in [6.07, 6.45) is 0. The first kappa shape index (κ1) is 16.7. The molecule has 0 saturated carbocycles. The number of hydrogen-bond donors (Lipinski definition) is 1. The molecule has 0 radical (unpaired) electrons. The monoisotopic (exact) mass is 363 g/mol. The zero-order valence-electron chi connectivity index (χ0n) is 13.6. The van der Waals surface area contributed by atoms with Gasteiger partial charge in [-0.2, -0.15) is 0 Å². The van der Waals surface area contributed by atoms with Crippen molar-refractivity contribution in [1.82, 2.24) is 9.55 Å². The SMILES string of the molecule is CCOC(=O)c1sc(NC(=O)c2cc3sccc3n2CC)nc1C. The summed E-state index contributed by atoms with van der Waals surface area (Å²) in [5, 5.41) is 5.19. The van der Waals surface area contributed by atoms with Gasteiger partial charge in [0, 0.05) is 6.54 Å². The number of carbonyl (C=O) groups excluding carboxylic acids is 2. The second kappa shape index (κ2) is 6.74. The predicted molar refractivity (Wildman–Crippen MR) is 96.2 cm³/mol. The van der Waals surface area contributed by atoms with Crippen molar-refractivity contribution in [3.63, 3.8) is 0 Å². The van der Waals surface area contributed by atoms with Crippen LogP contribution in [0.3, 0.4) is 0 Å². The van der Waals surface area contributed by atoms with Gasteiger partial charge in [0.15, 0.2) is 5.13 Å². The van der Waals surface area contributed by atoms with Gasteiger partial charge in [-0.25, -0.2) is 9.78 Å². The van der Waals surface area contributed by atoms with Crippen molar-refractivity contribution in [3.05, 3.63) is 33.8 Å². The molecule has 0 unspecified atom stereocenters. The fourth-order valence-electron chi connectivity index (χ4n) is 2.50. The van der Waals surface area contributed by atoms with E-state index in [1.54, 1.807) is 25.2 Å². The maximum Gasteiger partial charge on any atom is 0.350 e. The number of rotatable bonds is 5. The molecule has 3 rings (SSSR count). The van der Waals surface area contributed by atoms with Gasteiger partial charge in [-0.05, 0) is 38.3 Å². The summed E-state index contributed by atoms with van der Waals surface area (Å²) >= 11 is 2.73. The number of hydrogen-bond acceptors (Lipinski definition) is 6. The average Bonchev–Trinajstić information content (AvgIpc) is 3.21. The van der Waals surface area contributed by atoms with E-state index in [9.17, 15) is 9.59 Å². The minimum Gasteiger partial charge on any atom is -0.462 e. The molecule has 0 fully saturated rings. The Labute approximate surface area is 147 Å². The third-order valence-corrected chi connectivity index (χ3v) is 5.46. The van der Waals surface area contributed by atoms with Gasteiger partial charge in [-0.15, -0.1) is 11.3 Å². The summed E-state index contributed by atoms with van der Waals surface area (Å²) in [7, 11) is 0. The molecule has 3 aromatic rings. The fraction of sp³-hybridized carbons (Fsp3) is 0.312. The van der Waals surface area contributed by atoms with Crippen LogP contribution >= 0.6 is 22.7 Å². The van der Waals surface area contributed by atoms with Crippen LogP contribution in [0.4, 0.5) is 5.13 Å². The van der Waals surface area contributed by atoms with Crippen LogP contribution < -0.4 is 5.32 Å². The van der Waals surface area contributed by atoms with E-state index < -0.39 is 5.97 Å². The number of nitrogens with one attached hydrogen (secondary N) is 1. The molecular weight excluding hydrogens is 346 g/mol. The number of thiophene rings is 1. The molecule has 24 heavy (non-hydrogen) atoms. The lowest BCUT2D eigenvalue weighted by molar-refractivity contribution is 0.0531. The molecule has 0 spiro atoms. The second-order valence-electron chi connectivity index (χ2n) is 5.05. The summed E-state index contributed by atoms with van der Waals surface area (Å²) < 4.78 is 8.03. The number of aromatic nitrogens is 2. The van der Waals surface area contributed by atoms with E-state index in [1.165, 1.54) is 0 Å². The largest absolute Gasteiger partial charge is 0.462 e. The number of fused-ring (bicyclic) bond motifs is 1. The smallest absolute Gasteiger partial charge is 0.350 e.